The fourth-order valence-corrected chi connectivity index (χ4v) is 0.878. The van der Waals surface area contributed by atoms with Gasteiger partial charge in [-0.3, -0.25) is 0 Å². The van der Waals surface area contributed by atoms with Crippen LogP contribution in [0.15, 0.2) is 29.4 Å². The molecule has 6 heteroatoms. The molecular weight excluding hydrogens is 222 g/mol. The Morgan fingerprint density at radius 2 is 1.88 bits per heavy atom. The molecule has 0 atom stereocenters. The van der Waals surface area contributed by atoms with Gasteiger partial charge in [0, 0.05) is 10.0 Å². The molecule has 17 heavy (non-hydrogen) atoms. The molecule has 0 fully saturated rings. The molecule has 0 aliphatic carbocycles. The Balaban J connectivity index is 3.37. The lowest BCUT2D eigenvalue weighted by Crippen LogP contribution is -1.97. The summed E-state index contributed by atoms with van der Waals surface area (Å²) in [6.07, 6.45) is 8.67. The van der Waals surface area contributed by atoms with Crippen molar-refractivity contribution in [1.82, 2.24) is 0 Å². The van der Waals surface area contributed by atoms with Crippen molar-refractivity contribution in [3.05, 3.63) is 34.7 Å². The average Bonchev–Trinajstić information content (AvgIpc) is 2.32. The van der Waals surface area contributed by atoms with Crippen molar-refractivity contribution in [3.8, 4) is 0 Å². The van der Waals surface area contributed by atoms with Gasteiger partial charge in [0.15, 0.2) is 0 Å². The molecule has 0 saturated carbocycles. The normalized spacial score (nSPS) is 10.6. The number of azide groups is 1. The fraction of sp³-hybridized carbons (Fsp3) is 0.545. The Kier molecular flexibility index (Phi) is 11.0. The first-order valence-electron chi connectivity index (χ1n) is 5.40. The molecule has 0 aliphatic rings. The summed E-state index contributed by atoms with van der Waals surface area (Å²) in [5.41, 5.74) is 7.91. The lowest BCUT2D eigenvalue weighted by molar-refractivity contribution is 0.168. The standard InChI is InChI=1S/C11H17N3O3/c1-2-3-4-5-8-16-9-6-7-10-17-11(15)13-14-12/h4-7H,2-3,8-10H2,1H3/b5-4+,7-6-. The Bertz CT molecular complexity index is 307. The summed E-state index contributed by atoms with van der Waals surface area (Å²) < 4.78 is 9.77. The van der Waals surface area contributed by atoms with Crippen LogP contribution in [0.2, 0.25) is 0 Å². The smallest absolute Gasteiger partial charge is 0.397 e. The van der Waals surface area contributed by atoms with E-state index in [-0.39, 0.29) is 6.61 Å². The van der Waals surface area contributed by atoms with Gasteiger partial charge < -0.3 is 9.47 Å². The van der Waals surface area contributed by atoms with E-state index in [2.05, 4.69) is 27.8 Å². The van der Waals surface area contributed by atoms with E-state index in [4.69, 9.17) is 10.3 Å². The molecular formula is C11H17N3O3. The van der Waals surface area contributed by atoms with Crippen LogP contribution in [-0.2, 0) is 9.47 Å². The molecule has 0 aliphatic heterocycles. The number of nitrogens with zero attached hydrogens (tertiary/aromatic N) is 3. The minimum Gasteiger partial charge on any atom is -0.457 e. The van der Waals surface area contributed by atoms with E-state index in [0.717, 1.165) is 12.8 Å². The molecule has 0 rings (SSSR count). The van der Waals surface area contributed by atoms with Crippen molar-refractivity contribution >= 4 is 6.09 Å². The highest BCUT2D eigenvalue weighted by Gasteiger charge is 1.92. The second-order valence-corrected chi connectivity index (χ2v) is 3.04. The quantitative estimate of drug-likeness (QED) is 0.214. The van der Waals surface area contributed by atoms with E-state index in [0.29, 0.717) is 13.2 Å². The molecule has 0 radical (unpaired) electrons. The van der Waals surface area contributed by atoms with Crippen molar-refractivity contribution in [1.29, 1.82) is 0 Å². The Hall–Kier alpha value is -1.78. The van der Waals surface area contributed by atoms with Crippen LogP contribution in [-0.4, -0.2) is 25.9 Å². The van der Waals surface area contributed by atoms with Crippen LogP contribution in [0.5, 0.6) is 0 Å². The topological polar surface area (TPSA) is 84.3 Å². The second-order valence-electron chi connectivity index (χ2n) is 3.04. The predicted molar refractivity (Wildman–Crippen MR) is 64.5 cm³/mol. The maximum absolute atomic E-state index is 10.6. The average molecular weight is 239 g/mol. The molecule has 1 amide bonds. The summed E-state index contributed by atoms with van der Waals surface area (Å²) in [5, 5.41) is 2.75. The minimum atomic E-state index is -0.930. The van der Waals surface area contributed by atoms with Crippen LogP contribution in [0.1, 0.15) is 19.8 Å². The summed E-state index contributed by atoms with van der Waals surface area (Å²) >= 11 is 0. The van der Waals surface area contributed by atoms with Crippen molar-refractivity contribution in [2.75, 3.05) is 19.8 Å². The summed E-state index contributed by atoms with van der Waals surface area (Å²) in [4.78, 5) is 12.9. The summed E-state index contributed by atoms with van der Waals surface area (Å²) in [6.45, 7) is 3.22. The molecule has 0 aromatic heterocycles. The van der Waals surface area contributed by atoms with Gasteiger partial charge in [0.25, 0.3) is 0 Å². The first kappa shape index (κ1) is 15.2. The van der Waals surface area contributed by atoms with E-state index in [1.165, 1.54) is 0 Å². The second kappa shape index (κ2) is 12.3. The zero-order valence-electron chi connectivity index (χ0n) is 9.91. The first-order valence-corrected chi connectivity index (χ1v) is 5.40. The van der Waals surface area contributed by atoms with Gasteiger partial charge in [-0.25, -0.2) is 4.79 Å². The van der Waals surface area contributed by atoms with E-state index < -0.39 is 6.09 Å². The van der Waals surface area contributed by atoms with Gasteiger partial charge >= 0.3 is 6.09 Å². The third-order valence-electron chi connectivity index (χ3n) is 1.65. The van der Waals surface area contributed by atoms with Gasteiger partial charge in [-0.15, -0.1) is 0 Å². The molecule has 0 spiro atoms. The number of carbonyl (C=O) groups excluding carboxylic acids is 1. The maximum atomic E-state index is 10.6. The van der Waals surface area contributed by atoms with Crippen LogP contribution >= 0.6 is 0 Å². The number of amides is 1. The SMILES string of the molecule is CCC/C=C/COC/C=C\COC(=O)N=[N+]=[N-]. The third-order valence-corrected chi connectivity index (χ3v) is 1.65. The molecule has 6 nitrogen and oxygen atoms in total. The van der Waals surface area contributed by atoms with E-state index in [1.54, 1.807) is 12.2 Å². The van der Waals surface area contributed by atoms with Gasteiger partial charge in [-0.1, -0.05) is 31.6 Å². The third kappa shape index (κ3) is 12.2. The number of rotatable bonds is 8. The monoisotopic (exact) mass is 239 g/mol. The highest BCUT2D eigenvalue weighted by atomic mass is 16.5. The zero-order chi connectivity index (χ0) is 12.8. The van der Waals surface area contributed by atoms with Gasteiger partial charge in [-0.05, 0) is 18.0 Å². The number of allylic oxidation sites excluding steroid dienone is 1. The molecule has 0 unspecified atom stereocenters. The van der Waals surface area contributed by atoms with Crippen molar-refractivity contribution < 1.29 is 14.3 Å². The number of carbonyl (C=O) groups is 1. The predicted octanol–water partition coefficient (Wildman–Crippen LogP) is 3.36. The van der Waals surface area contributed by atoms with Crippen LogP contribution < -0.4 is 0 Å². The fourth-order valence-electron chi connectivity index (χ4n) is 0.878. The zero-order valence-corrected chi connectivity index (χ0v) is 9.91. The largest absolute Gasteiger partial charge is 0.457 e. The summed E-state index contributed by atoms with van der Waals surface area (Å²) in [5.74, 6) is 0. The lowest BCUT2D eigenvalue weighted by atomic mass is 10.3. The van der Waals surface area contributed by atoms with Crippen LogP contribution in [0.4, 0.5) is 4.79 Å². The highest BCUT2D eigenvalue weighted by molar-refractivity contribution is 5.68. The van der Waals surface area contributed by atoms with Crippen LogP contribution in [0, 0.1) is 0 Å². The number of unbranched alkanes of at least 4 members (excludes halogenated alkanes) is 1. The van der Waals surface area contributed by atoms with Crippen LogP contribution in [0.25, 0.3) is 10.4 Å². The maximum Gasteiger partial charge on any atom is 0.397 e. The van der Waals surface area contributed by atoms with Crippen molar-refractivity contribution in [2.45, 2.75) is 19.8 Å². The van der Waals surface area contributed by atoms with Crippen molar-refractivity contribution in [3.63, 3.8) is 0 Å². The molecule has 0 N–H and O–H groups in total. The van der Waals surface area contributed by atoms with Gasteiger partial charge in [0.1, 0.15) is 6.61 Å². The highest BCUT2D eigenvalue weighted by Crippen LogP contribution is 1.89. The van der Waals surface area contributed by atoms with Gasteiger partial charge in [-0.2, -0.15) is 0 Å². The molecule has 0 aromatic rings. The summed E-state index contributed by atoms with van der Waals surface area (Å²) in [6, 6.07) is 0. The Morgan fingerprint density at radius 3 is 2.53 bits per heavy atom. The number of hydrogen-bond donors (Lipinski definition) is 0. The van der Waals surface area contributed by atoms with Gasteiger partial charge in [0.05, 0.1) is 13.2 Å². The van der Waals surface area contributed by atoms with Crippen molar-refractivity contribution in [2.24, 2.45) is 5.11 Å². The molecule has 0 saturated heterocycles. The van der Waals surface area contributed by atoms with E-state index in [9.17, 15) is 4.79 Å². The molecule has 94 valence electrons. The van der Waals surface area contributed by atoms with E-state index in [1.807, 2.05) is 6.08 Å². The molecule has 0 bridgehead atoms. The number of ether oxygens (including phenoxy) is 2. The minimum absolute atomic E-state index is 0.0763. The number of hydrogen-bond acceptors (Lipinski definition) is 3. The summed E-state index contributed by atoms with van der Waals surface area (Å²) in [7, 11) is 0. The Morgan fingerprint density at radius 1 is 1.24 bits per heavy atom. The van der Waals surface area contributed by atoms with E-state index >= 15 is 0 Å². The first-order chi connectivity index (χ1) is 8.31. The lowest BCUT2D eigenvalue weighted by Gasteiger charge is -1.96. The van der Waals surface area contributed by atoms with Crippen LogP contribution in [0.3, 0.4) is 0 Å². The Labute approximate surface area is 101 Å². The molecule has 0 aromatic carbocycles. The van der Waals surface area contributed by atoms with Gasteiger partial charge in [0.2, 0.25) is 0 Å². The molecule has 0 heterocycles.